The summed E-state index contributed by atoms with van der Waals surface area (Å²) < 4.78 is 5.27. The van der Waals surface area contributed by atoms with Crippen molar-refractivity contribution in [3.63, 3.8) is 0 Å². The van der Waals surface area contributed by atoms with Crippen molar-refractivity contribution in [3.05, 3.63) is 59.7 Å². The van der Waals surface area contributed by atoms with Gasteiger partial charge in [0.25, 0.3) is 0 Å². The van der Waals surface area contributed by atoms with Crippen LogP contribution in [0.5, 0.6) is 5.75 Å². The number of carbonyl (C=O) groups excluding carboxylic acids is 2. The van der Waals surface area contributed by atoms with Gasteiger partial charge in [0.05, 0.1) is 18.1 Å². The third-order valence-electron chi connectivity index (χ3n) is 3.81. The predicted octanol–water partition coefficient (Wildman–Crippen LogP) is 3.38. The molecule has 0 aliphatic carbocycles. The minimum absolute atomic E-state index is 0.107. The topological polar surface area (TPSA) is 67.4 Å². The van der Waals surface area contributed by atoms with Gasteiger partial charge in [0.1, 0.15) is 5.75 Å². The first-order valence-corrected chi connectivity index (χ1v) is 9.42. The molecule has 138 valence electrons. The van der Waals surface area contributed by atoms with E-state index in [1.807, 2.05) is 55.5 Å². The Labute approximate surface area is 158 Å². The molecule has 1 atom stereocenters. The molecule has 0 heterocycles. The predicted molar refractivity (Wildman–Crippen MR) is 107 cm³/mol. The van der Waals surface area contributed by atoms with Crippen molar-refractivity contribution in [1.29, 1.82) is 0 Å². The summed E-state index contributed by atoms with van der Waals surface area (Å²) in [7, 11) is 1.60. The molecular weight excluding hydrogens is 348 g/mol. The van der Waals surface area contributed by atoms with Gasteiger partial charge in [0, 0.05) is 17.8 Å². The average molecular weight is 372 g/mol. The molecule has 0 bridgehead atoms. The molecule has 5 nitrogen and oxygen atoms in total. The van der Waals surface area contributed by atoms with E-state index in [1.54, 1.807) is 14.0 Å². The van der Waals surface area contributed by atoms with Gasteiger partial charge in [0.15, 0.2) is 0 Å². The Balaban J connectivity index is 1.76. The van der Waals surface area contributed by atoms with Crippen LogP contribution in [-0.2, 0) is 16.1 Å². The van der Waals surface area contributed by atoms with Crippen molar-refractivity contribution in [2.24, 2.45) is 0 Å². The van der Waals surface area contributed by atoms with Crippen molar-refractivity contribution in [3.8, 4) is 5.75 Å². The molecule has 0 saturated carbocycles. The number of anilines is 1. The third-order valence-corrected chi connectivity index (χ3v) is 4.96. The molecule has 2 aromatic rings. The summed E-state index contributed by atoms with van der Waals surface area (Å²) in [6.07, 6.45) is 0. The number of methoxy groups -OCH3 is 1. The standard InChI is InChI=1S/C20H24N2O3S/c1-14-8-10-17(11-9-14)22-19(23)13-26-15(2)20(24)21-12-16-6-4-5-7-18(16)25-3/h4-11,15H,12-13H2,1-3H3,(H,21,24)(H,22,23)/t15-/m0/s1. The van der Waals surface area contributed by atoms with Gasteiger partial charge in [-0.3, -0.25) is 9.59 Å². The van der Waals surface area contributed by atoms with Crippen LogP contribution in [0.15, 0.2) is 48.5 Å². The van der Waals surface area contributed by atoms with Crippen molar-refractivity contribution >= 4 is 29.3 Å². The van der Waals surface area contributed by atoms with Crippen LogP contribution in [0.3, 0.4) is 0 Å². The Kier molecular flexibility index (Phi) is 7.53. The number of carbonyl (C=O) groups is 2. The van der Waals surface area contributed by atoms with E-state index >= 15 is 0 Å². The van der Waals surface area contributed by atoms with E-state index in [4.69, 9.17) is 4.74 Å². The largest absolute Gasteiger partial charge is 0.496 e. The number of amides is 2. The Bertz CT molecular complexity index is 747. The van der Waals surface area contributed by atoms with E-state index in [0.717, 1.165) is 22.6 Å². The zero-order valence-electron chi connectivity index (χ0n) is 15.2. The number of para-hydroxylation sites is 1. The number of thioether (sulfide) groups is 1. The van der Waals surface area contributed by atoms with Crippen LogP contribution in [0.4, 0.5) is 5.69 Å². The highest BCUT2D eigenvalue weighted by atomic mass is 32.2. The van der Waals surface area contributed by atoms with Crippen LogP contribution in [-0.4, -0.2) is 29.9 Å². The van der Waals surface area contributed by atoms with Gasteiger partial charge >= 0.3 is 0 Å². The maximum absolute atomic E-state index is 12.2. The molecule has 2 amide bonds. The molecule has 2 aromatic carbocycles. The second-order valence-corrected chi connectivity index (χ2v) is 7.23. The maximum atomic E-state index is 12.2. The van der Waals surface area contributed by atoms with E-state index in [-0.39, 0.29) is 22.8 Å². The molecule has 6 heteroatoms. The van der Waals surface area contributed by atoms with E-state index in [9.17, 15) is 9.59 Å². The zero-order valence-corrected chi connectivity index (χ0v) is 16.1. The lowest BCUT2D eigenvalue weighted by molar-refractivity contribution is -0.120. The molecule has 2 rings (SSSR count). The Morgan fingerprint density at radius 1 is 1.12 bits per heavy atom. The van der Waals surface area contributed by atoms with Gasteiger partial charge in [-0.2, -0.15) is 0 Å². The van der Waals surface area contributed by atoms with Crippen LogP contribution in [0.2, 0.25) is 0 Å². The number of nitrogens with one attached hydrogen (secondary N) is 2. The highest BCUT2D eigenvalue weighted by Crippen LogP contribution is 2.18. The van der Waals surface area contributed by atoms with Gasteiger partial charge in [-0.05, 0) is 32.0 Å². The minimum atomic E-state index is -0.325. The van der Waals surface area contributed by atoms with Crippen LogP contribution >= 0.6 is 11.8 Å². The van der Waals surface area contributed by atoms with Crippen molar-refractivity contribution in [2.45, 2.75) is 25.6 Å². The fourth-order valence-corrected chi connectivity index (χ4v) is 2.99. The summed E-state index contributed by atoms with van der Waals surface area (Å²) in [5.41, 5.74) is 2.81. The summed E-state index contributed by atoms with van der Waals surface area (Å²) in [6.45, 7) is 4.18. The lowest BCUT2D eigenvalue weighted by Gasteiger charge is -2.13. The van der Waals surface area contributed by atoms with Gasteiger partial charge in [-0.25, -0.2) is 0 Å². The lowest BCUT2D eigenvalue weighted by Crippen LogP contribution is -2.31. The van der Waals surface area contributed by atoms with Crippen LogP contribution in [0.1, 0.15) is 18.1 Å². The molecule has 0 spiro atoms. The molecule has 0 unspecified atom stereocenters. The number of rotatable bonds is 8. The van der Waals surface area contributed by atoms with Gasteiger partial charge in [0.2, 0.25) is 11.8 Å². The SMILES string of the molecule is COc1ccccc1CNC(=O)[C@H](C)SCC(=O)Nc1ccc(C)cc1. The summed E-state index contributed by atoms with van der Waals surface area (Å²) in [5.74, 6) is 0.731. The number of aryl methyl sites for hydroxylation is 1. The molecule has 2 N–H and O–H groups in total. The Morgan fingerprint density at radius 2 is 1.81 bits per heavy atom. The lowest BCUT2D eigenvalue weighted by atomic mass is 10.2. The molecule has 26 heavy (non-hydrogen) atoms. The number of benzene rings is 2. The van der Waals surface area contributed by atoms with Crippen LogP contribution < -0.4 is 15.4 Å². The van der Waals surface area contributed by atoms with E-state index in [1.165, 1.54) is 11.8 Å². The number of hydrogen-bond donors (Lipinski definition) is 2. The first-order chi connectivity index (χ1) is 12.5. The van der Waals surface area contributed by atoms with Crippen molar-refractivity contribution in [1.82, 2.24) is 5.32 Å². The summed E-state index contributed by atoms with van der Waals surface area (Å²) in [4.78, 5) is 24.2. The molecule has 0 aliphatic rings. The fraction of sp³-hybridized carbons (Fsp3) is 0.300. The first-order valence-electron chi connectivity index (χ1n) is 8.37. The molecule has 0 fully saturated rings. The molecular formula is C20H24N2O3S. The van der Waals surface area contributed by atoms with E-state index in [2.05, 4.69) is 10.6 Å². The van der Waals surface area contributed by atoms with Crippen molar-refractivity contribution < 1.29 is 14.3 Å². The normalized spacial score (nSPS) is 11.5. The third kappa shape index (κ3) is 6.11. The maximum Gasteiger partial charge on any atom is 0.234 e. The second kappa shape index (κ2) is 9.87. The quantitative estimate of drug-likeness (QED) is 0.745. The first kappa shape index (κ1) is 19.8. The highest BCUT2D eigenvalue weighted by Gasteiger charge is 2.15. The molecule has 0 radical (unpaired) electrons. The summed E-state index contributed by atoms with van der Waals surface area (Å²) >= 11 is 1.30. The summed E-state index contributed by atoms with van der Waals surface area (Å²) in [6, 6.07) is 15.2. The van der Waals surface area contributed by atoms with Gasteiger partial charge in [-0.1, -0.05) is 35.9 Å². The van der Waals surface area contributed by atoms with E-state index < -0.39 is 0 Å². The Hall–Kier alpha value is -2.47. The average Bonchev–Trinajstić information content (AvgIpc) is 2.66. The fourth-order valence-electron chi connectivity index (χ4n) is 2.29. The number of ether oxygens (including phenoxy) is 1. The van der Waals surface area contributed by atoms with Gasteiger partial charge in [-0.15, -0.1) is 11.8 Å². The molecule has 0 aliphatic heterocycles. The van der Waals surface area contributed by atoms with Crippen LogP contribution in [0, 0.1) is 6.92 Å². The smallest absolute Gasteiger partial charge is 0.234 e. The zero-order chi connectivity index (χ0) is 18.9. The second-order valence-electron chi connectivity index (χ2n) is 5.90. The Morgan fingerprint density at radius 3 is 2.50 bits per heavy atom. The van der Waals surface area contributed by atoms with Crippen molar-refractivity contribution in [2.75, 3.05) is 18.2 Å². The monoisotopic (exact) mass is 372 g/mol. The highest BCUT2D eigenvalue weighted by molar-refractivity contribution is 8.01. The van der Waals surface area contributed by atoms with Crippen LogP contribution in [0.25, 0.3) is 0 Å². The number of hydrogen-bond acceptors (Lipinski definition) is 4. The van der Waals surface area contributed by atoms with E-state index in [0.29, 0.717) is 6.54 Å². The molecule has 0 aromatic heterocycles. The molecule has 0 saturated heterocycles. The minimum Gasteiger partial charge on any atom is -0.496 e. The summed E-state index contributed by atoms with van der Waals surface area (Å²) in [5, 5.41) is 5.38. The van der Waals surface area contributed by atoms with Gasteiger partial charge < -0.3 is 15.4 Å².